The molecular formula is C24H34O8. The predicted molar refractivity (Wildman–Crippen MR) is 119 cm³/mol. The molecule has 1 aliphatic heterocycles. The van der Waals surface area contributed by atoms with E-state index in [-0.39, 0.29) is 24.0 Å². The summed E-state index contributed by atoms with van der Waals surface area (Å²) in [5.74, 6) is -1.87. The van der Waals surface area contributed by atoms with Gasteiger partial charge in [0.05, 0.1) is 12.2 Å². The number of ether oxygens (including phenoxy) is 4. The Kier molecular flexibility index (Phi) is 9.42. The summed E-state index contributed by atoms with van der Waals surface area (Å²) in [6.07, 6.45) is 4.74. The molecule has 1 aromatic rings. The number of carboxylic acid groups (broad SMARTS) is 1. The highest BCUT2D eigenvalue weighted by molar-refractivity contribution is 5.95. The van der Waals surface area contributed by atoms with Crippen LogP contribution in [0.1, 0.15) is 50.0 Å². The van der Waals surface area contributed by atoms with Crippen molar-refractivity contribution < 1.29 is 39.1 Å². The SMILES string of the molecule is COCOc1cccc(/C=C/C[C@@H]2OC(C)(C)O[C@@H]2C(O)/C=C\[C@@H](C)[C@H](C)O)c1C(=O)O. The molecule has 3 N–H and O–H groups in total. The number of aromatic carboxylic acids is 1. The lowest BCUT2D eigenvalue weighted by Crippen LogP contribution is -2.34. The predicted octanol–water partition coefficient (Wildman–Crippen LogP) is 3.22. The lowest BCUT2D eigenvalue weighted by molar-refractivity contribution is -0.152. The van der Waals surface area contributed by atoms with Crippen LogP contribution >= 0.6 is 0 Å². The molecule has 0 aliphatic carbocycles. The Morgan fingerprint density at radius 2 is 1.94 bits per heavy atom. The van der Waals surface area contributed by atoms with Crippen LogP contribution < -0.4 is 4.74 Å². The maximum atomic E-state index is 11.8. The number of hydrogen-bond donors (Lipinski definition) is 3. The minimum Gasteiger partial charge on any atom is -0.478 e. The first-order valence-corrected chi connectivity index (χ1v) is 10.6. The fraction of sp³-hybridized carbons (Fsp3) is 0.542. The molecule has 1 saturated heterocycles. The zero-order valence-electron chi connectivity index (χ0n) is 19.2. The minimum absolute atomic E-state index is 0.0383. The average Bonchev–Trinajstić information content (AvgIpc) is 3.04. The second-order valence-corrected chi connectivity index (χ2v) is 8.33. The van der Waals surface area contributed by atoms with Gasteiger partial charge in [0.25, 0.3) is 0 Å². The van der Waals surface area contributed by atoms with E-state index in [2.05, 4.69) is 0 Å². The Morgan fingerprint density at radius 1 is 1.22 bits per heavy atom. The van der Waals surface area contributed by atoms with Crippen molar-refractivity contribution in [3.8, 4) is 5.75 Å². The van der Waals surface area contributed by atoms with Gasteiger partial charge in [-0.2, -0.15) is 0 Å². The lowest BCUT2D eigenvalue weighted by atomic mass is 10.00. The van der Waals surface area contributed by atoms with E-state index >= 15 is 0 Å². The van der Waals surface area contributed by atoms with Crippen LogP contribution in [0, 0.1) is 5.92 Å². The van der Waals surface area contributed by atoms with E-state index in [0.29, 0.717) is 12.0 Å². The number of carbonyl (C=O) groups is 1. The quantitative estimate of drug-likeness (QED) is 0.348. The van der Waals surface area contributed by atoms with Crippen LogP contribution in [-0.4, -0.2) is 65.4 Å². The molecule has 0 amide bonds. The van der Waals surface area contributed by atoms with Crippen LogP contribution in [0.5, 0.6) is 5.75 Å². The average molecular weight is 451 g/mol. The summed E-state index contributed by atoms with van der Waals surface area (Å²) in [6, 6.07) is 4.96. The highest BCUT2D eigenvalue weighted by Gasteiger charge is 2.43. The normalized spacial score (nSPS) is 23.5. The monoisotopic (exact) mass is 450 g/mol. The highest BCUT2D eigenvalue weighted by Crippen LogP contribution is 2.33. The van der Waals surface area contributed by atoms with Crippen LogP contribution in [0.25, 0.3) is 6.08 Å². The maximum Gasteiger partial charge on any atom is 0.340 e. The molecule has 8 heteroatoms. The first kappa shape index (κ1) is 26.0. The van der Waals surface area contributed by atoms with Gasteiger partial charge in [-0.25, -0.2) is 4.79 Å². The number of methoxy groups -OCH3 is 1. The zero-order valence-corrected chi connectivity index (χ0v) is 19.2. The number of aliphatic hydroxyl groups excluding tert-OH is 2. The lowest BCUT2D eigenvalue weighted by Gasteiger charge is -2.20. The molecule has 1 fully saturated rings. The molecule has 1 heterocycles. The van der Waals surface area contributed by atoms with Crippen molar-refractivity contribution in [2.75, 3.05) is 13.9 Å². The number of rotatable bonds is 11. The Morgan fingerprint density at radius 3 is 2.56 bits per heavy atom. The largest absolute Gasteiger partial charge is 0.478 e. The Labute approximate surface area is 189 Å². The summed E-state index contributed by atoms with van der Waals surface area (Å²) in [7, 11) is 1.46. The summed E-state index contributed by atoms with van der Waals surface area (Å²) in [6.45, 7) is 7.04. The van der Waals surface area contributed by atoms with Gasteiger partial charge in [-0.15, -0.1) is 0 Å². The molecule has 1 aromatic carbocycles. The molecule has 5 atom stereocenters. The molecule has 178 valence electrons. The van der Waals surface area contributed by atoms with Gasteiger partial charge in [-0.1, -0.05) is 43.4 Å². The summed E-state index contributed by atoms with van der Waals surface area (Å²) in [5.41, 5.74) is 0.517. The molecule has 1 unspecified atom stereocenters. The standard InChI is InChI=1S/C24H34O8/c1-15(16(2)25)12-13-18(26)22-20(31-24(3,4)32-22)11-7-9-17-8-6-10-19(30-14-29-5)21(17)23(27)28/h6-10,12-13,15-16,18,20,22,25-26H,11,14H2,1-5H3,(H,27,28)/b9-7+,13-12-/t15-,16+,18?,20+,22-/m1/s1. The van der Waals surface area contributed by atoms with E-state index in [1.165, 1.54) is 7.11 Å². The van der Waals surface area contributed by atoms with Crippen molar-refractivity contribution in [3.05, 3.63) is 47.6 Å². The van der Waals surface area contributed by atoms with E-state index in [1.807, 2.05) is 6.92 Å². The summed E-state index contributed by atoms with van der Waals surface area (Å²) in [4.78, 5) is 11.8. The molecule has 0 bridgehead atoms. The molecule has 0 radical (unpaired) electrons. The van der Waals surface area contributed by atoms with Gasteiger partial charge < -0.3 is 34.3 Å². The van der Waals surface area contributed by atoms with Crippen LogP contribution in [0.4, 0.5) is 0 Å². The van der Waals surface area contributed by atoms with Gasteiger partial charge in [0.1, 0.15) is 23.5 Å². The van der Waals surface area contributed by atoms with Crippen molar-refractivity contribution >= 4 is 12.0 Å². The van der Waals surface area contributed by atoms with Crippen molar-refractivity contribution in [1.82, 2.24) is 0 Å². The molecule has 0 saturated carbocycles. The summed E-state index contributed by atoms with van der Waals surface area (Å²) in [5, 5.41) is 29.9. The fourth-order valence-electron chi connectivity index (χ4n) is 3.38. The molecule has 32 heavy (non-hydrogen) atoms. The van der Waals surface area contributed by atoms with Crippen molar-refractivity contribution in [1.29, 1.82) is 0 Å². The second-order valence-electron chi connectivity index (χ2n) is 8.33. The molecule has 8 nitrogen and oxygen atoms in total. The van der Waals surface area contributed by atoms with Gasteiger partial charge in [0.2, 0.25) is 0 Å². The summed E-state index contributed by atoms with van der Waals surface area (Å²) >= 11 is 0. The second kappa shape index (κ2) is 11.6. The van der Waals surface area contributed by atoms with Crippen molar-refractivity contribution in [2.24, 2.45) is 5.92 Å². The van der Waals surface area contributed by atoms with E-state index in [4.69, 9.17) is 18.9 Å². The van der Waals surface area contributed by atoms with Crippen molar-refractivity contribution in [2.45, 2.75) is 64.3 Å². The number of benzene rings is 1. The molecule has 1 aliphatic rings. The fourth-order valence-corrected chi connectivity index (χ4v) is 3.38. The molecule has 0 aromatic heterocycles. The first-order valence-electron chi connectivity index (χ1n) is 10.6. The number of aliphatic hydroxyl groups is 2. The van der Waals surface area contributed by atoms with E-state index in [9.17, 15) is 20.1 Å². The van der Waals surface area contributed by atoms with Gasteiger partial charge >= 0.3 is 5.97 Å². The highest BCUT2D eigenvalue weighted by atomic mass is 16.8. The van der Waals surface area contributed by atoms with Gasteiger partial charge in [0, 0.05) is 7.11 Å². The Balaban J connectivity index is 2.16. The number of hydrogen-bond acceptors (Lipinski definition) is 7. The molecular weight excluding hydrogens is 416 g/mol. The van der Waals surface area contributed by atoms with E-state index < -0.39 is 36.2 Å². The van der Waals surface area contributed by atoms with E-state index in [0.717, 1.165) is 0 Å². The third-order valence-electron chi connectivity index (χ3n) is 5.20. The topological polar surface area (TPSA) is 115 Å². The van der Waals surface area contributed by atoms with Crippen LogP contribution in [0.3, 0.4) is 0 Å². The maximum absolute atomic E-state index is 11.8. The van der Waals surface area contributed by atoms with Gasteiger partial charge in [-0.05, 0) is 44.7 Å². The summed E-state index contributed by atoms with van der Waals surface area (Å²) < 4.78 is 22.1. The zero-order chi connectivity index (χ0) is 23.9. The number of carboxylic acids is 1. The Hall–Kier alpha value is -2.23. The van der Waals surface area contributed by atoms with Crippen LogP contribution in [-0.2, 0) is 14.2 Å². The van der Waals surface area contributed by atoms with Crippen LogP contribution in [0.15, 0.2) is 36.4 Å². The van der Waals surface area contributed by atoms with Crippen LogP contribution in [0.2, 0.25) is 0 Å². The minimum atomic E-state index is -1.11. The smallest absolute Gasteiger partial charge is 0.340 e. The van der Waals surface area contributed by atoms with E-state index in [1.54, 1.807) is 63.3 Å². The first-order chi connectivity index (χ1) is 15.1. The molecule has 0 spiro atoms. The third kappa shape index (κ3) is 7.15. The molecule has 2 rings (SSSR count). The van der Waals surface area contributed by atoms with Gasteiger partial charge in [-0.3, -0.25) is 0 Å². The third-order valence-corrected chi connectivity index (χ3v) is 5.20. The Bertz CT molecular complexity index is 814. The van der Waals surface area contributed by atoms with Gasteiger partial charge in [0.15, 0.2) is 12.6 Å². The van der Waals surface area contributed by atoms with Crippen molar-refractivity contribution in [3.63, 3.8) is 0 Å².